The minimum Gasteiger partial charge on any atom is -0.349 e. The van der Waals surface area contributed by atoms with Crippen molar-refractivity contribution in [2.45, 2.75) is 32.5 Å². The molecule has 2 aromatic rings. The van der Waals surface area contributed by atoms with E-state index in [2.05, 4.69) is 25.1 Å². The smallest absolute Gasteiger partial charge is 0.194 e. The molecule has 1 N–H and O–H groups in total. The molecule has 8 heteroatoms. The van der Waals surface area contributed by atoms with Crippen LogP contribution in [0.25, 0.3) is 0 Å². The molecule has 0 saturated carbocycles. The van der Waals surface area contributed by atoms with E-state index in [1.807, 2.05) is 11.9 Å². The highest BCUT2D eigenvalue weighted by atomic mass is 127. The fraction of sp³-hybridized carbons (Fsp3) is 0.438. The average Bonchev–Trinajstić information content (AvgIpc) is 3.14. The molecule has 0 unspecified atom stereocenters. The summed E-state index contributed by atoms with van der Waals surface area (Å²) in [7, 11) is 3.70. The van der Waals surface area contributed by atoms with Crippen LogP contribution >= 0.6 is 24.0 Å². The molecule has 0 aliphatic carbocycles. The van der Waals surface area contributed by atoms with Crippen molar-refractivity contribution in [3.8, 4) is 0 Å². The largest absolute Gasteiger partial charge is 0.349 e. The lowest BCUT2D eigenvalue weighted by atomic mass is 10.2. The fourth-order valence-corrected chi connectivity index (χ4v) is 2.82. The number of halogens is 2. The third-order valence-electron chi connectivity index (χ3n) is 4.00. The molecule has 130 valence electrons. The quantitative estimate of drug-likeness (QED) is 0.447. The maximum absolute atomic E-state index is 13.0. The summed E-state index contributed by atoms with van der Waals surface area (Å²) in [5.41, 5.74) is 1.03. The standard InChI is InChI=1S/C16H21FN6.HI/c1-18-16(22(2)11-12-5-7-13(17)8-6-12)19-10-15-21-20-14-4-3-9-23(14)15;/h5-8H,3-4,9-11H2,1-2H3,(H,18,19);1H. The molecule has 6 nitrogen and oxygen atoms in total. The Kier molecular flexibility index (Phi) is 6.52. The molecule has 1 aromatic carbocycles. The molecule has 1 aromatic heterocycles. The number of aromatic nitrogens is 3. The summed E-state index contributed by atoms with van der Waals surface area (Å²) in [6.45, 7) is 2.23. The van der Waals surface area contributed by atoms with Crippen LogP contribution in [0.15, 0.2) is 29.3 Å². The van der Waals surface area contributed by atoms with Crippen LogP contribution in [0.5, 0.6) is 0 Å². The van der Waals surface area contributed by atoms with Gasteiger partial charge in [-0.3, -0.25) is 4.99 Å². The first kappa shape index (κ1) is 18.6. The molecular formula is C16H22FIN6. The van der Waals surface area contributed by atoms with Gasteiger partial charge in [-0.2, -0.15) is 0 Å². The monoisotopic (exact) mass is 444 g/mol. The van der Waals surface area contributed by atoms with E-state index in [4.69, 9.17) is 0 Å². The van der Waals surface area contributed by atoms with Gasteiger partial charge in [0.1, 0.15) is 11.6 Å². The summed E-state index contributed by atoms with van der Waals surface area (Å²) in [6, 6.07) is 6.51. The van der Waals surface area contributed by atoms with E-state index in [1.165, 1.54) is 12.1 Å². The predicted octanol–water partition coefficient (Wildman–Crippen LogP) is 2.19. The molecule has 0 radical (unpaired) electrons. The maximum atomic E-state index is 13.0. The molecule has 0 amide bonds. The van der Waals surface area contributed by atoms with E-state index in [-0.39, 0.29) is 29.8 Å². The highest BCUT2D eigenvalue weighted by molar-refractivity contribution is 14.0. The molecule has 24 heavy (non-hydrogen) atoms. The van der Waals surface area contributed by atoms with Crippen molar-refractivity contribution in [1.29, 1.82) is 0 Å². The number of aryl methyl sites for hydroxylation is 1. The first-order chi connectivity index (χ1) is 11.2. The Morgan fingerprint density at radius 3 is 2.79 bits per heavy atom. The van der Waals surface area contributed by atoms with Gasteiger partial charge >= 0.3 is 0 Å². The molecule has 2 heterocycles. The van der Waals surface area contributed by atoms with E-state index >= 15 is 0 Å². The topological polar surface area (TPSA) is 58.3 Å². The average molecular weight is 444 g/mol. The van der Waals surface area contributed by atoms with Gasteiger partial charge in [0, 0.05) is 33.6 Å². The van der Waals surface area contributed by atoms with Crippen LogP contribution in [0.1, 0.15) is 23.6 Å². The zero-order valence-electron chi connectivity index (χ0n) is 13.9. The number of nitrogens with zero attached hydrogens (tertiary/aromatic N) is 5. The number of fused-ring (bicyclic) bond motifs is 1. The number of aliphatic imine (C=N–C) groups is 1. The predicted molar refractivity (Wildman–Crippen MR) is 102 cm³/mol. The number of hydrogen-bond acceptors (Lipinski definition) is 3. The Labute approximate surface area is 158 Å². The number of guanidine groups is 1. The first-order valence-electron chi connectivity index (χ1n) is 7.74. The van der Waals surface area contributed by atoms with Gasteiger partial charge in [0.25, 0.3) is 0 Å². The van der Waals surface area contributed by atoms with Crippen molar-refractivity contribution in [3.63, 3.8) is 0 Å². The van der Waals surface area contributed by atoms with Crippen molar-refractivity contribution in [1.82, 2.24) is 25.0 Å². The maximum Gasteiger partial charge on any atom is 0.194 e. The summed E-state index contributed by atoms with van der Waals surface area (Å²) < 4.78 is 15.1. The minimum absolute atomic E-state index is 0. The Morgan fingerprint density at radius 2 is 2.08 bits per heavy atom. The lowest BCUT2D eigenvalue weighted by Gasteiger charge is -2.22. The highest BCUT2D eigenvalue weighted by Gasteiger charge is 2.17. The van der Waals surface area contributed by atoms with E-state index in [0.29, 0.717) is 13.1 Å². The number of hydrogen-bond donors (Lipinski definition) is 1. The summed E-state index contributed by atoms with van der Waals surface area (Å²) in [4.78, 5) is 6.29. The van der Waals surface area contributed by atoms with Gasteiger partial charge < -0.3 is 14.8 Å². The van der Waals surface area contributed by atoms with E-state index in [1.54, 1.807) is 19.2 Å². The second-order valence-electron chi connectivity index (χ2n) is 5.67. The van der Waals surface area contributed by atoms with Gasteiger partial charge in [-0.15, -0.1) is 34.2 Å². The zero-order valence-corrected chi connectivity index (χ0v) is 16.2. The SMILES string of the molecule is CN=C(NCc1nnc2n1CCC2)N(C)Cc1ccc(F)cc1.I. The summed E-state index contributed by atoms with van der Waals surface area (Å²) >= 11 is 0. The lowest BCUT2D eigenvalue weighted by Crippen LogP contribution is -2.38. The second kappa shape index (κ2) is 8.41. The molecule has 0 fully saturated rings. The van der Waals surface area contributed by atoms with Crippen molar-refractivity contribution in [2.75, 3.05) is 14.1 Å². The zero-order chi connectivity index (χ0) is 16.2. The highest BCUT2D eigenvalue weighted by Crippen LogP contribution is 2.13. The van der Waals surface area contributed by atoms with E-state index < -0.39 is 0 Å². The molecule has 0 bridgehead atoms. The van der Waals surface area contributed by atoms with Gasteiger partial charge in [0.05, 0.1) is 6.54 Å². The molecule has 0 atom stereocenters. The third-order valence-corrected chi connectivity index (χ3v) is 4.00. The fourth-order valence-electron chi connectivity index (χ4n) is 2.82. The van der Waals surface area contributed by atoms with Gasteiger partial charge in [-0.25, -0.2) is 4.39 Å². The molecule has 0 spiro atoms. The van der Waals surface area contributed by atoms with Gasteiger partial charge in [-0.1, -0.05) is 12.1 Å². The number of benzene rings is 1. The van der Waals surface area contributed by atoms with Gasteiger partial charge in [-0.05, 0) is 24.1 Å². The lowest BCUT2D eigenvalue weighted by molar-refractivity contribution is 0.473. The van der Waals surface area contributed by atoms with Crippen LogP contribution < -0.4 is 5.32 Å². The first-order valence-corrected chi connectivity index (χ1v) is 7.74. The molecule has 3 rings (SSSR count). The Balaban J connectivity index is 0.00000208. The van der Waals surface area contributed by atoms with Crippen LogP contribution in [-0.2, 0) is 26.1 Å². The van der Waals surface area contributed by atoms with Crippen molar-refractivity contribution >= 4 is 29.9 Å². The normalized spacial score (nSPS) is 13.4. The van der Waals surface area contributed by atoms with E-state index in [0.717, 1.165) is 42.6 Å². The second-order valence-corrected chi connectivity index (χ2v) is 5.67. The molecule has 1 aliphatic rings. The Bertz CT molecular complexity index is 697. The number of nitrogens with one attached hydrogen (secondary N) is 1. The third kappa shape index (κ3) is 4.22. The van der Waals surface area contributed by atoms with Gasteiger partial charge in [0.2, 0.25) is 0 Å². The summed E-state index contributed by atoms with van der Waals surface area (Å²) in [6.07, 6.45) is 2.14. The van der Waals surface area contributed by atoms with Gasteiger partial charge in [0.15, 0.2) is 11.8 Å². The Morgan fingerprint density at radius 1 is 1.33 bits per heavy atom. The minimum atomic E-state index is -0.223. The van der Waals surface area contributed by atoms with Crippen LogP contribution in [0.3, 0.4) is 0 Å². The van der Waals surface area contributed by atoms with Crippen molar-refractivity contribution < 1.29 is 4.39 Å². The molecule has 1 aliphatic heterocycles. The summed E-state index contributed by atoms with van der Waals surface area (Å²) in [5, 5.41) is 11.7. The van der Waals surface area contributed by atoms with Crippen molar-refractivity contribution in [2.24, 2.45) is 4.99 Å². The van der Waals surface area contributed by atoms with E-state index in [9.17, 15) is 4.39 Å². The van der Waals surface area contributed by atoms with Crippen LogP contribution in [0.2, 0.25) is 0 Å². The molecular weight excluding hydrogens is 422 g/mol. The molecule has 0 saturated heterocycles. The van der Waals surface area contributed by atoms with Crippen molar-refractivity contribution in [3.05, 3.63) is 47.3 Å². The van der Waals surface area contributed by atoms with Crippen LogP contribution in [-0.4, -0.2) is 39.7 Å². The van der Waals surface area contributed by atoms with Crippen LogP contribution in [0, 0.1) is 5.82 Å². The number of rotatable bonds is 4. The Hall–Kier alpha value is -1.71. The van der Waals surface area contributed by atoms with Crippen LogP contribution in [0.4, 0.5) is 4.39 Å². The summed E-state index contributed by atoms with van der Waals surface area (Å²) in [5.74, 6) is 2.55.